The van der Waals surface area contributed by atoms with E-state index in [0.29, 0.717) is 18.0 Å². The van der Waals surface area contributed by atoms with Crippen LogP contribution in [0.1, 0.15) is 55.3 Å². The summed E-state index contributed by atoms with van der Waals surface area (Å²) >= 11 is 0. The number of likely N-dealkylation sites (tertiary alicyclic amines) is 1. The van der Waals surface area contributed by atoms with Crippen molar-refractivity contribution in [1.82, 2.24) is 10.2 Å². The largest absolute Gasteiger partial charge is 0.396 e. The van der Waals surface area contributed by atoms with Gasteiger partial charge in [-0.15, -0.1) is 0 Å². The molecule has 5 nitrogen and oxygen atoms in total. The van der Waals surface area contributed by atoms with Gasteiger partial charge in [-0.25, -0.2) is 0 Å². The van der Waals surface area contributed by atoms with Crippen LogP contribution in [0.5, 0.6) is 0 Å². The molecule has 1 heterocycles. The van der Waals surface area contributed by atoms with Gasteiger partial charge in [-0.2, -0.15) is 0 Å². The Bertz CT molecular complexity index is 582. The van der Waals surface area contributed by atoms with Crippen molar-refractivity contribution >= 4 is 11.8 Å². The molecule has 0 aromatic heterocycles. The highest BCUT2D eigenvalue weighted by Crippen LogP contribution is 2.25. The molecule has 136 valence electrons. The molecule has 1 saturated heterocycles. The van der Waals surface area contributed by atoms with Gasteiger partial charge in [0.25, 0.3) is 5.91 Å². The Morgan fingerprint density at radius 1 is 1.04 bits per heavy atom. The van der Waals surface area contributed by atoms with Crippen LogP contribution >= 0.6 is 0 Å². The number of aliphatic hydroxyl groups is 1. The van der Waals surface area contributed by atoms with E-state index in [1.165, 1.54) is 0 Å². The van der Waals surface area contributed by atoms with Crippen LogP contribution in [0.3, 0.4) is 0 Å². The number of nitrogens with one attached hydrogen (secondary N) is 1. The van der Waals surface area contributed by atoms with Gasteiger partial charge >= 0.3 is 0 Å². The molecule has 1 unspecified atom stereocenters. The summed E-state index contributed by atoms with van der Waals surface area (Å²) in [6.07, 6.45) is 6.40. The smallest absolute Gasteiger partial charge is 0.254 e. The fourth-order valence-electron chi connectivity index (χ4n) is 3.98. The zero-order valence-corrected chi connectivity index (χ0v) is 14.7. The molecule has 1 aliphatic heterocycles. The highest BCUT2D eigenvalue weighted by Gasteiger charge is 2.34. The number of rotatable bonds is 4. The summed E-state index contributed by atoms with van der Waals surface area (Å²) in [5.74, 6) is 0.305. The molecule has 25 heavy (non-hydrogen) atoms. The third kappa shape index (κ3) is 4.40. The molecule has 2 amide bonds. The van der Waals surface area contributed by atoms with E-state index in [1.807, 2.05) is 30.3 Å². The molecule has 1 saturated carbocycles. The maximum absolute atomic E-state index is 12.8. The molecule has 1 aromatic carbocycles. The van der Waals surface area contributed by atoms with Crippen LogP contribution in [0, 0.1) is 5.92 Å². The quantitative estimate of drug-likeness (QED) is 0.881. The van der Waals surface area contributed by atoms with Gasteiger partial charge in [-0.3, -0.25) is 9.59 Å². The van der Waals surface area contributed by atoms with E-state index < -0.39 is 0 Å². The highest BCUT2D eigenvalue weighted by atomic mass is 16.3. The molecule has 1 atom stereocenters. The zero-order chi connectivity index (χ0) is 17.6. The number of aliphatic hydroxyl groups excluding tert-OH is 1. The van der Waals surface area contributed by atoms with Gasteiger partial charge in [0.2, 0.25) is 5.91 Å². The van der Waals surface area contributed by atoms with Crippen molar-refractivity contribution in [2.75, 3.05) is 13.2 Å². The van der Waals surface area contributed by atoms with Crippen molar-refractivity contribution in [1.29, 1.82) is 0 Å². The zero-order valence-electron chi connectivity index (χ0n) is 14.7. The van der Waals surface area contributed by atoms with Crippen LogP contribution in [-0.2, 0) is 4.79 Å². The molecule has 2 N–H and O–H groups in total. The Labute approximate surface area is 149 Å². The van der Waals surface area contributed by atoms with E-state index in [2.05, 4.69) is 5.32 Å². The van der Waals surface area contributed by atoms with Crippen molar-refractivity contribution in [3.63, 3.8) is 0 Å². The van der Waals surface area contributed by atoms with Crippen LogP contribution in [-0.4, -0.2) is 47.1 Å². The Balaban J connectivity index is 1.62. The lowest BCUT2D eigenvalue weighted by molar-refractivity contribution is -0.127. The van der Waals surface area contributed by atoms with Crippen molar-refractivity contribution in [3.8, 4) is 0 Å². The van der Waals surface area contributed by atoms with Gasteiger partial charge in [0.05, 0.1) is 0 Å². The molecular formula is C20H28N2O3. The highest BCUT2D eigenvalue weighted by molar-refractivity contribution is 5.97. The first-order valence-electron chi connectivity index (χ1n) is 9.46. The number of piperidine rings is 1. The van der Waals surface area contributed by atoms with Crippen LogP contribution in [0.25, 0.3) is 0 Å². The number of amides is 2. The summed E-state index contributed by atoms with van der Waals surface area (Å²) in [5.41, 5.74) is 0.644. The first-order chi connectivity index (χ1) is 12.2. The summed E-state index contributed by atoms with van der Waals surface area (Å²) in [5, 5.41) is 12.4. The summed E-state index contributed by atoms with van der Waals surface area (Å²) in [7, 11) is 0. The molecule has 0 bridgehead atoms. The second-order valence-corrected chi connectivity index (χ2v) is 7.28. The summed E-state index contributed by atoms with van der Waals surface area (Å²) < 4.78 is 0. The first kappa shape index (κ1) is 17.9. The van der Waals surface area contributed by atoms with Crippen LogP contribution in [0.4, 0.5) is 0 Å². The van der Waals surface area contributed by atoms with Crippen molar-refractivity contribution in [3.05, 3.63) is 35.9 Å². The number of carbonyl (C=O) groups excluding carboxylic acids is 2. The van der Waals surface area contributed by atoms with E-state index in [1.54, 1.807) is 4.90 Å². The summed E-state index contributed by atoms with van der Waals surface area (Å²) in [4.78, 5) is 27.4. The monoisotopic (exact) mass is 344 g/mol. The minimum atomic E-state index is -0.364. The van der Waals surface area contributed by atoms with Gasteiger partial charge in [0.15, 0.2) is 0 Å². The fourth-order valence-corrected chi connectivity index (χ4v) is 3.98. The minimum absolute atomic E-state index is 0.0172. The van der Waals surface area contributed by atoms with Gasteiger partial charge in [0.1, 0.15) is 6.04 Å². The third-order valence-electron chi connectivity index (χ3n) is 5.54. The molecule has 2 aliphatic rings. The Kier molecular flexibility index (Phi) is 6.08. The van der Waals surface area contributed by atoms with Gasteiger partial charge in [-0.1, -0.05) is 18.2 Å². The molecule has 1 aromatic rings. The van der Waals surface area contributed by atoms with E-state index >= 15 is 0 Å². The van der Waals surface area contributed by atoms with Crippen LogP contribution < -0.4 is 5.32 Å². The average Bonchev–Trinajstić information content (AvgIpc) is 2.68. The lowest BCUT2D eigenvalue weighted by Crippen LogP contribution is -2.54. The Hall–Kier alpha value is -1.88. The van der Waals surface area contributed by atoms with E-state index in [4.69, 9.17) is 0 Å². The lowest BCUT2D eigenvalue weighted by Gasteiger charge is -2.36. The molecule has 5 heteroatoms. The second-order valence-electron chi connectivity index (χ2n) is 7.28. The molecule has 3 rings (SSSR count). The van der Waals surface area contributed by atoms with Gasteiger partial charge < -0.3 is 15.3 Å². The molecule has 2 fully saturated rings. The summed E-state index contributed by atoms with van der Waals surface area (Å²) in [6, 6.07) is 9.02. The predicted octanol–water partition coefficient (Wildman–Crippen LogP) is 2.35. The third-order valence-corrected chi connectivity index (χ3v) is 5.54. The van der Waals surface area contributed by atoms with E-state index in [0.717, 1.165) is 44.9 Å². The SMILES string of the molecule is O=C(NC1CCC(CO)CC1)C1CCCCN1C(=O)c1ccccc1. The molecular weight excluding hydrogens is 316 g/mol. The van der Waals surface area contributed by atoms with Gasteiger partial charge in [0, 0.05) is 24.8 Å². The predicted molar refractivity (Wildman–Crippen MR) is 96.1 cm³/mol. The number of nitrogens with zero attached hydrogens (tertiary/aromatic N) is 1. The van der Waals surface area contributed by atoms with E-state index in [9.17, 15) is 14.7 Å². The number of benzene rings is 1. The topological polar surface area (TPSA) is 69.6 Å². The Morgan fingerprint density at radius 2 is 1.76 bits per heavy atom. The number of hydrogen-bond acceptors (Lipinski definition) is 3. The Morgan fingerprint density at radius 3 is 2.44 bits per heavy atom. The fraction of sp³-hybridized carbons (Fsp3) is 0.600. The first-order valence-corrected chi connectivity index (χ1v) is 9.46. The van der Waals surface area contributed by atoms with Crippen molar-refractivity contribution < 1.29 is 14.7 Å². The molecule has 0 spiro atoms. The summed E-state index contributed by atoms with van der Waals surface area (Å²) in [6.45, 7) is 0.881. The van der Waals surface area contributed by atoms with Crippen molar-refractivity contribution in [2.24, 2.45) is 5.92 Å². The van der Waals surface area contributed by atoms with Crippen LogP contribution in [0.15, 0.2) is 30.3 Å². The van der Waals surface area contributed by atoms with E-state index in [-0.39, 0.29) is 30.5 Å². The van der Waals surface area contributed by atoms with Gasteiger partial charge in [-0.05, 0) is 63.0 Å². The molecule has 0 radical (unpaired) electrons. The standard InChI is InChI=1S/C20H28N2O3/c23-14-15-9-11-17(12-10-15)21-19(24)18-8-4-5-13-22(18)20(25)16-6-2-1-3-7-16/h1-3,6-7,15,17-18,23H,4-5,8-14H2,(H,21,24). The van der Waals surface area contributed by atoms with Crippen molar-refractivity contribution in [2.45, 2.75) is 57.0 Å². The number of hydrogen-bond donors (Lipinski definition) is 2. The minimum Gasteiger partial charge on any atom is -0.396 e. The maximum Gasteiger partial charge on any atom is 0.254 e. The maximum atomic E-state index is 12.8. The lowest BCUT2D eigenvalue weighted by atomic mass is 9.86. The second kappa shape index (κ2) is 8.48. The normalized spacial score (nSPS) is 26.9. The average molecular weight is 344 g/mol. The molecule has 1 aliphatic carbocycles. The number of carbonyl (C=O) groups is 2. The van der Waals surface area contributed by atoms with Crippen LogP contribution in [0.2, 0.25) is 0 Å².